The van der Waals surface area contributed by atoms with E-state index in [0.29, 0.717) is 11.8 Å². The Kier molecular flexibility index (Phi) is 3.89. The molecule has 14 heavy (non-hydrogen) atoms. The van der Waals surface area contributed by atoms with Gasteiger partial charge in [0.2, 0.25) is 0 Å². The third-order valence-corrected chi connectivity index (χ3v) is 2.10. The van der Waals surface area contributed by atoms with Crippen molar-refractivity contribution in [3.63, 3.8) is 0 Å². The second-order valence-electron chi connectivity index (χ2n) is 2.89. The lowest BCUT2D eigenvalue weighted by Gasteiger charge is -2.10. The Morgan fingerprint density at radius 1 is 1.71 bits per heavy atom. The summed E-state index contributed by atoms with van der Waals surface area (Å²) in [5.41, 5.74) is 0.823. The molecule has 1 rings (SSSR count). The van der Waals surface area contributed by atoms with Crippen LogP contribution in [0.1, 0.15) is 25.3 Å². The molecule has 0 fully saturated rings. The van der Waals surface area contributed by atoms with Crippen LogP contribution in [0, 0.1) is 0 Å². The fourth-order valence-electron chi connectivity index (χ4n) is 1.09. The normalized spacial score (nSPS) is 12.2. The number of carbonyl (C=O) groups is 1. The van der Waals surface area contributed by atoms with Crippen LogP contribution in [0.5, 0.6) is 0 Å². The summed E-state index contributed by atoms with van der Waals surface area (Å²) in [6.45, 7) is 3.95. The van der Waals surface area contributed by atoms with Gasteiger partial charge in [0.15, 0.2) is 0 Å². The van der Waals surface area contributed by atoms with Gasteiger partial charge in [0.1, 0.15) is 5.15 Å². The SMILES string of the molecule is CCOC(=O)[C@H](C)c1ccnc(Cl)c1. The molecule has 1 aromatic rings. The quantitative estimate of drug-likeness (QED) is 0.572. The van der Waals surface area contributed by atoms with Crippen LogP contribution in [0.4, 0.5) is 0 Å². The number of halogens is 1. The molecule has 4 heteroatoms. The second kappa shape index (κ2) is 4.96. The molecule has 1 aromatic heterocycles. The first-order chi connectivity index (χ1) is 6.65. The van der Waals surface area contributed by atoms with E-state index in [1.165, 1.54) is 0 Å². The number of hydrogen-bond donors (Lipinski definition) is 0. The molecule has 0 radical (unpaired) electrons. The number of aromatic nitrogens is 1. The molecule has 0 amide bonds. The molecule has 0 aliphatic carbocycles. The first-order valence-electron chi connectivity index (χ1n) is 4.43. The number of nitrogens with zero attached hydrogens (tertiary/aromatic N) is 1. The van der Waals surface area contributed by atoms with Crippen molar-refractivity contribution < 1.29 is 9.53 Å². The predicted molar refractivity (Wildman–Crippen MR) is 54.3 cm³/mol. The lowest BCUT2D eigenvalue weighted by Crippen LogP contribution is -2.12. The van der Waals surface area contributed by atoms with Crippen LogP contribution >= 0.6 is 11.6 Å². The van der Waals surface area contributed by atoms with Gasteiger partial charge in [0.05, 0.1) is 12.5 Å². The monoisotopic (exact) mass is 213 g/mol. The first-order valence-corrected chi connectivity index (χ1v) is 4.81. The summed E-state index contributed by atoms with van der Waals surface area (Å²) in [5.74, 6) is -0.537. The molecule has 0 aliphatic rings. The summed E-state index contributed by atoms with van der Waals surface area (Å²) in [5, 5.41) is 0.388. The minimum Gasteiger partial charge on any atom is -0.466 e. The summed E-state index contributed by atoms with van der Waals surface area (Å²) in [7, 11) is 0. The Morgan fingerprint density at radius 3 is 3.00 bits per heavy atom. The number of ether oxygens (including phenoxy) is 1. The maximum absolute atomic E-state index is 11.4. The number of esters is 1. The number of rotatable bonds is 3. The van der Waals surface area contributed by atoms with Crippen LogP contribution in [-0.2, 0) is 9.53 Å². The van der Waals surface area contributed by atoms with E-state index in [-0.39, 0.29) is 11.9 Å². The molecule has 76 valence electrons. The molecule has 0 aromatic carbocycles. The number of pyridine rings is 1. The second-order valence-corrected chi connectivity index (χ2v) is 3.27. The molecule has 0 N–H and O–H groups in total. The van der Waals surface area contributed by atoms with Gasteiger partial charge in [-0.2, -0.15) is 0 Å². The van der Waals surface area contributed by atoms with Crippen molar-refractivity contribution >= 4 is 17.6 Å². The standard InChI is InChI=1S/C10H12ClNO2/c1-3-14-10(13)7(2)8-4-5-12-9(11)6-8/h4-7H,3H2,1-2H3/t7-/m1/s1. The van der Waals surface area contributed by atoms with E-state index >= 15 is 0 Å². The van der Waals surface area contributed by atoms with Gasteiger partial charge in [-0.05, 0) is 31.5 Å². The van der Waals surface area contributed by atoms with Crippen LogP contribution in [0.3, 0.4) is 0 Å². The highest BCUT2D eigenvalue weighted by atomic mass is 35.5. The van der Waals surface area contributed by atoms with Crippen molar-refractivity contribution in [2.45, 2.75) is 19.8 Å². The average molecular weight is 214 g/mol. The molecule has 3 nitrogen and oxygen atoms in total. The van der Waals surface area contributed by atoms with Gasteiger partial charge < -0.3 is 4.74 Å². The van der Waals surface area contributed by atoms with Crippen LogP contribution in [0.2, 0.25) is 5.15 Å². The highest BCUT2D eigenvalue weighted by Crippen LogP contribution is 2.18. The van der Waals surface area contributed by atoms with E-state index in [1.807, 2.05) is 0 Å². The summed E-state index contributed by atoms with van der Waals surface area (Å²) < 4.78 is 4.90. The number of carbonyl (C=O) groups excluding carboxylic acids is 1. The Labute approximate surface area is 88.1 Å². The van der Waals surface area contributed by atoms with Crippen molar-refractivity contribution in [3.05, 3.63) is 29.0 Å². The van der Waals surface area contributed by atoms with Crippen molar-refractivity contribution in [3.8, 4) is 0 Å². The molecule has 0 spiro atoms. The minimum absolute atomic E-state index is 0.241. The lowest BCUT2D eigenvalue weighted by atomic mass is 10.0. The zero-order valence-electron chi connectivity index (χ0n) is 8.16. The highest BCUT2D eigenvalue weighted by Gasteiger charge is 2.16. The third-order valence-electron chi connectivity index (χ3n) is 1.89. The maximum atomic E-state index is 11.4. The van der Waals surface area contributed by atoms with E-state index in [0.717, 1.165) is 5.56 Å². The molecular formula is C10H12ClNO2. The third kappa shape index (κ3) is 2.70. The molecule has 0 bridgehead atoms. The van der Waals surface area contributed by atoms with E-state index in [2.05, 4.69) is 4.98 Å². The molecule has 1 heterocycles. The van der Waals surface area contributed by atoms with E-state index in [4.69, 9.17) is 16.3 Å². The molecule has 0 saturated carbocycles. The largest absolute Gasteiger partial charge is 0.466 e. The summed E-state index contributed by atoms with van der Waals surface area (Å²) in [6, 6.07) is 3.43. The van der Waals surface area contributed by atoms with Crippen molar-refractivity contribution in [2.75, 3.05) is 6.61 Å². The van der Waals surface area contributed by atoms with Gasteiger partial charge >= 0.3 is 5.97 Å². The topological polar surface area (TPSA) is 39.2 Å². The van der Waals surface area contributed by atoms with Crippen LogP contribution < -0.4 is 0 Å². The van der Waals surface area contributed by atoms with Crippen LogP contribution in [-0.4, -0.2) is 17.6 Å². The lowest BCUT2D eigenvalue weighted by molar-refractivity contribution is -0.144. The molecular weight excluding hydrogens is 202 g/mol. The maximum Gasteiger partial charge on any atom is 0.313 e. The summed E-state index contributed by atoms with van der Waals surface area (Å²) in [4.78, 5) is 15.2. The summed E-state index contributed by atoms with van der Waals surface area (Å²) in [6.07, 6.45) is 1.58. The van der Waals surface area contributed by atoms with Gasteiger partial charge in [-0.1, -0.05) is 11.6 Å². The zero-order valence-corrected chi connectivity index (χ0v) is 8.91. The molecule has 0 unspecified atom stereocenters. The van der Waals surface area contributed by atoms with E-state index < -0.39 is 0 Å². The highest BCUT2D eigenvalue weighted by molar-refractivity contribution is 6.29. The van der Waals surface area contributed by atoms with Crippen LogP contribution in [0.25, 0.3) is 0 Å². The molecule has 0 saturated heterocycles. The Hall–Kier alpha value is -1.09. The number of hydrogen-bond acceptors (Lipinski definition) is 3. The fraction of sp³-hybridized carbons (Fsp3) is 0.400. The van der Waals surface area contributed by atoms with Gasteiger partial charge in [-0.3, -0.25) is 4.79 Å². The average Bonchev–Trinajstić information content (AvgIpc) is 2.17. The predicted octanol–water partition coefficient (Wildman–Crippen LogP) is 2.40. The van der Waals surface area contributed by atoms with E-state index in [1.54, 1.807) is 32.2 Å². The molecule has 1 atom stereocenters. The van der Waals surface area contributed by atoms with Gasteiger partial charge in [-0.15, -0.1) is 0 Å². The van der Waals surface area contributed by atoms with Crippen molar-refractivity contribution in [1.29, 1.82) is 0 Å². The van der Waals surface area contributed by atoms with Crippen molar-refractivity contribution in [2.24, 2.45) is 0 Å². The van der Waals surface area contributed by atoms with Gasteiger partial charge in [-0.25, -0.2) is 4.98 Å². The zero-order chi connectivity index (χ0) is 10.6. The Morgan fingerprint density at radius 2 is 2.43 bits per heavy atom. The van der Waals surface area contributed by atoms with Gasteiger partial charge in [0, 0.05) is 6.20 Å². The molecule has 0 aliphatic heterocycles. The van der Waals surface area contributed by atoms with Crippen LogP contribution in [0.15, 0.2) is 18.3 Å². The van der Waals surface area contributed by atoms with Gasteiger partial charge in [0.25, 0.3) is 0 Å². The van der Waals surface area contributed by atoms with E-state index in [9.17, 15) is 4.79 Å². The Balaban J connectivity index is 2.78. The fourth-order valence-corrected chi connectivity index (χ4v) is 1.27. The first kappa shape index (κ1) is 11.0. The summed E-state index contributed by atoms with van der Waals surface area (Å²) >= 11 is 5.71. The minimum atomic E-state index is -0.296. The smallest absolute Gasteiger partial charge is 0.313 e. The van der Waals surface area contributed by atoms with Crippen molar-refractivity contribution in [1.82, 2.24) is 4.98 Å². The Bertz CT molecular complexity index is 328.